The van der Waals surface area contributed by atoms with Crippen LogP contribution in [0.25, 0.3) is 0 Å². The topological polar surface area (TPSA) is 141 Å². The molecule has 0 saturated heterocycles. The summed E-state index contributed by atoms with van der Waals surface area (Å²) in [5, 5.41) is 27.9. The van der Waals surface area contributed by atoms with E-state index in [4.69, 9.17) is 5.14 Å². The quantitative estimate of drug-likeness (QED) is 0.591. The van der Waals surface area contributed by atoms with Crippen LogP contribution in [0.2, 0.25) is 0 Å². The SMILES string of the molecule is CC(C)c1cc(C#N)c(F)c(C(C)C)c1NC(=O)N=[S@](N)(=O)c1cnc(C(C)(C)O)s1. The van der Waals surface area contributed by atoms with Gasteiger partial charge in [-0.25, -0.2) is 23.5 Å². The Balaban J connectivity index is 2.54. The Morgan fingerprint density at radius 1 is 1.39 bits per heavy atom. The number of anilines is 1. The van der Waals surface area contributed by atoms with E-state index in [-0.39, 0.29) is 37.9 Å². The molecule has 0 aliphatic heterocycles. The van der Waals surface area contributed by atoms with Gasteiger partial charge in [-0.15, -0.1) is 15.7 Å². The summed E-state index contributed by atoms with van der Waals surface area (Å²) in [6.45, 7) is 10.2. The highest BCUT2D eigenvalue weighted by atomic mass is 32.2. The molecule has 0 saturated carbocycles. The number of hydrogen-bond donors (Lipinski definition) is 3. The molecule has 0 fully saturated rings. The van der Waals surface area contributed by atoms with Crippen LogP contribution in [-0.2, 0) is 15.5 Å². The molecule has 168 valence electrons. The number of rotatable bonds is 5. The molecule has 0 bridgehead atoms. The Morgan fingerprint density at radius 3 is 2.45 bits per heavy atom. The van der Waals surface area contributed by atoms with Gasteiger partial charge in [0.05, 0.1) is 17.4 Å². The number of amides is 2. The third-order valence-corrected chi connectivity index (χ3v) is 7.59. The maximum Gasteiger partial charge on any atom is 0.354 e. The summed E-state index contributed by atoms with van der Waals surface area (Å²) in [6, 6.07) is 2.21. The Morgan fingerprint density at radius 2 is 2.00 bits per heavy atom. The van der Waals surface area contributed by atoms with Crippen molar-refractivity contribution in [1.82, 2.24) is 4.98 Å². The molecule has 0 spiro atoms. The lowest BCUT2D eigenvalue weighted by Gasteiger charge is -2.21. The molecular formula is C20H26FN5O3S2. The van der Waals surface area contributed by atoms with Crippen molar-refractivity contribution in [3.05, 3.63) is 39.8 Å². The second kappa shape index (κ2) is 9.00. The number of hydrogen-bond acceptors (Lipinski definition) is 6. The molecule has 11 heteroatoms. The number of carbonyl (C=O) groups excluding carboxylic acids is 1. The molecule has 31 heavy (non-hydrogen) atoms. The summed E-state index contributed by atoms with van der Waals surface area (Å²) < 4.78 is 31.4. The second-order valence-corrected chi connectivity index (χ2v) is 11.2. The number of nitriles is 1. The van der Waals surface area contributed by atoms with Gasteiger partial charge in [0.1, 0.15) is 26.7 Å². The zero-order valence-electron chi connectivity index (χ0n) is 18.2. The van der Waals surface area contributed by atoms with Gasteiger partial charge >= 0.3 is 6.03 Å². The van der Waals surface area contributed by atoms with E-state index in [1.54, 1.807) is 13.8 Å². The normalized spacial score (nSPS) is 13.7. The van der Waals surface area contributed by atoms with Crippen LogP contribution in [0.3, 0.4) is 0 Å². The molecule has 8 nitrogen and oxygen atoms in total. The molecule has 1 atom stereocenters. The van der Waals surface area contributed by atoms with Gasteiger partial charge < -0.3 is 10.4 Å². The lowest BCUT2D eigenvalue weighted by atomic mass is 9.90. The average Bonchev–Trinajstić information content (AvgIpc) is 3.12. The van der Waals surface area contributed by atoms with E-state index >= 15 is 0 Å². The fourth-order valence-electron chi connectivity index (χ4n) is 2.89. The number of halogens is 1. The largest absolute Gasteiger partial charge is 0.383 e. The van der Waals surface area contributed by atoms with Crippen LogP contribution in [0.1, 0.15) is 75.1 Å². The Labute approximate surface area is 185 Å². The summed E-state index contributed by atoms with van der Waals surface area (Å²) in [7, 11) is -3.65. The van der Waals surface area contributed by atoms with Crippen molar-refractivity contribution in [1.29, 1.82) is 5.26 Å². The van der Waals surface area contributed by atoms with Crippen LogP contribution >= 0.6 is 11.3 Å². The van der Waals surface area contributed by atoms with Crippen LogP contribution < -0.4 is 10.5 Å². The van der Waals surface area contributed by atoms with Crippen molar-refractivity contribution >= 4 is 33.0 Å². The first-order chi connectivity index (χ1) is 14.2. The van der Waals surface area contributed by atoms with Crippen LogP contribution in [0.5, 0.6) is 0 Å². The van der Waals surface area contributed by atoms with Crippen LogP contribution in [-0.4, -0.2) is 20.3 Å². The van der Waals surface area contributed by atoms with Gasteiger partial charge in [0.25, 0.3) is 0 Å². The lowest BCUT2D eigenvalue weighted by molar-refractivity contribution is 0.0783. The molecule has 0 aliphatic carbocycles. The Kier molecular flexibility index (Phi) is 7.22. The monoisotopic (exact) mass is 467 g/mol. The third-order valence-electron chi connectivity index (χ3n) is 4.40. The molecule has 2 rings (SSSR count). The number of nitrogens with two attached hydrogens (primary N) is 1. The van der Waals surface area contributed by atoms with E-state index in [0.717, 1.165) is 11.3 Å². The number of aromatic nitrogens is 1. The van der Waals surface area contributed by atoms with Crippen molar-refractivity contribution in [3.8, 4) is 6.07 Å². The molecule has 0 radical (unpaired) electrons. The van der Waals surface area contributed by atoms with E-state index in [9.17, 15) is 23.8 Å². The molecule has 2 aromatic rings. The van der Waals surface area contributed by atoms with Gasteiger partial charge in [-0.3, -0.25) is 0 Å². The van der Waals surface area contributed by atoms with E-state index in [2.05, 4.69) is 14.7 Å². The van der Waals surface area contributed by atoms with E-state index in [0.29, 0.717) is 5.56 Å². The Bertz CT molecular complexity index is 1170. The van der Waals surface area contributed by atoms with E-state index < -0.39 is 27.4 Å². The number of nitrogens with zero attached hydrogens (tertiary/aromatic N) is 3. The summed E-state index contributed by atoms with van der Waals surface area (Å²) in [6.07, 6.45) is 1.21. The minimum atomic E-state index is -3.65. The molecule has 1 aromatic heterocycles. The fraction of sp³-hybridized carbons (Fsp3) is 0.450. The summed E-state index contributed by atoms with van der Waals surface area (Å²) in [5.74, 6) is -1.21. The fourth-order valence-corrected chi connectivity index (χ4v) is 4.96. The summed E-state index contributed by atoms with van der Waals surface area (Å²) in [5.41, 5.74) is -0.479. The molecular weight excluding hydrogens is 441 g/mol. The number of urea groups is 1. The maximum absolute atomic E-state index is 14.9. The first-order valence-corrected chi connectivity index (χ1v) is 11.9. The molecule has 0 aliphatic rings. The highest BCUT2D eigenvalue weighted by Gasteiger charge is 2.25. The molecule has 2 amide bonds. The zero-order valence-corrected chi connectivity index (χ0v) is 19.8. The average molecular weight is 468 g/mol. The molecule has 0 unspecified atom stereocenters. The third kappa shape index (κ3) is 5.46. The highest BCUT2D eigenvalue weighted by molar-refractivity contribution is 7.93. The standard InChI is InChI=1S/C20H26FN5O3S2/c1-10(2)13-7-12(8-22)16(21)15(11(3)4)17(13)25-19(27)26-31(23,29)14-9-24-18(30-14)20(5,6)28/h7,9-11,28H,1-6H3,(H3,23,25,26,27,29)/t31-/m0/s1. The summed E-state index contributed by atoms with van der Waals surface area (Å²) >= 11 is 0.887. The zero-order chi connectivity index (χ0) is 23.7. The van der Waals surface area contributed by atoms with Crippen LogP contribution in [0, 0.1) is 17.1 Å². The molecule has 4 N–H and O–H groups in total. The van der Waals surface area contributed by atoms with Crippen molar-refractivity contribution < 1.29 is 18.5 Å². The highest BCUT2D eigenvalue weighted by Crippen LogP contribution is 2.36. The van der Waals surface area contributed by atoms with Crippen molar-refractivity contribution in [3.63, 3.8) is 0 Å². The van der Waals surface area contributed by atoms with Gasteiger partial charge in [-0.1, -0.05) is 27.7 Å². The van der Waals surface area contributed by atoms with Gasteiger partial charge in [0.2, 0.25) is 0 Å². The molecule has 1 aromatic carbocycles. The van der Waals surface area contributed by atoms with Crippen molar-refractivity contribution in [2.24, 2.45) is 9.50 Å². The van der Waals surface area contributed by atoms with Crippen LogP contribution in [0.4, 0.5) is 14.9 Å². The first-order valence-electron chi connectivity index (χ1n) is 9.50. The minimum absolute atomic E-state index is 0.0268. The predicted octanol–water partition coefficient (Wildman–Crippen LogP) is 4.56. The van der Waals surface area contributed by atoms with Crippen molar-refractivity contribution in [2.75, 3.05) is 5.32 Å². The minimum Gasteiger partial charge on any atom is -0.383 e. The lowest BCUT2D eigenvalue weighted by Crippen LogP contribution is -2.19. The number of aliphatic hydroxyl groups is 1. The Hall–Kier alpha value is -2.39. The van der Waals surface area contributed by atoms with Gasteiger partial charge in [-0.2, -0.15) is 5.26 Å². The predicted molar refractivity (Wildman–Crippen MR) is 119 cm³/mol. The van der Waals surface area contributed by atoms with Gasteiger partial charge in [-0.05, 0) is 37.3 Å². The first kappa shape index (κ1) is 24.9. The smallest absolute Gasteiger partial charge is 0.354 e. The summed E-state index contributed by atoms with van der Waals surface area (Å²) in [4.78, 5) is 16.6. The number of carbonyl (C=O) groups is 1. The maximum atomic E-state index is 14.9. The van der Waals surface area contributed by atoms with Gasteiger partial charge in [0.15, 0.2) is 9.92 Å². The molecule has 1 heterocycles. The van der Waals surface area contributed by atoms with Gasteiger partial charge in [0, 0.05) is 5.56 Å². The van der Waals surface area contributed by atoms with Crippen LogP contribution in [0.15, 0.2) is 20.8 Å². The van der Waals surface area contributed by atoms with E-state index in [1.165, 1.54) is 26.1 Å². The number of thiazole rings is 1. The van der Waals surface area contributed by atoms with Crippen molar-refractivity contribution in [2.45, 2.75) is 63.2 Å². The second-order valence-electron chi connectivity index (χ2n) is 8.17. The van der Waals surface area contributed by atoms with E-state index in [1.807, 2.05) is 19.9 Å². The number of nitrogens with one attached hydrogen (secondary N) is 1. The number of benzene rings is 1.